The number of fused-ring (bicyclic) bond motifs is 1. The van der Waals surface area contributed by atoms with Gasteiger partial charge in [0.25, 0.3) is 5.91 Å². The quantitative estimate of drug-likeness (QED) is 0.754. The van der Waals surface area contributed by atoms with Crippen LogP contribution in [0.25, 0.3) is 10.2 Å². The number of ether oxygens (including phenoxy) is 1. The SMILES string of the molecule is C[C@@H](Oc1ccccc1Cl)C(=O)Nc1nc2ccc(F)cc2s1. The van der Waals surface area contributed by atoms with Gasteiger partial charge in [-0.25, -0.2) is 9.37 Å². The third-order valence-electron chi connectivity index (χ3n) is 3.09. The van der Waals surface area contributed by atoms with Gasteiger partial charge in [-0.05, 0) is 37.3 Å². The van der Waals surface area contributed by atoms with Crippen molar-refractivity contribution < 1.29 is 13.9 Å². The topological polar surface area (TPSA) is 51.2 Å². The molecule has 1 aromatic heterocycles. The molecule has 3 aromatic rings. The average Bonchev–Trinajstić information content (AvgIpc) is 2.90. The lowest BCUT2D eigenvalue weighted by molar-refractivity contribution is -0.122. The van der Waals surface area contributed by atoms with Crippen molar-refractivity contribution in [1.82, 2.24) is 4.98 Å². The Morgan fingerprint density at radius 3 is 2.91 bits per heavy atom. The van der Waals surface area contributed by atoms with Gasteiger partial charge < -0.3 is 4.74 Å². The van der Waals surface area contributed by atoms with Crippen molar-refractivity contribution in [3.8, 4) is 5.75 Å². The summed E-state index contributed by atoms with van der Waals surface area (Å²) in [5, 5.41) is 3.49. The molecular formula is C16H12ClFN2O2S. The van der Waals surface area contributed by atoms with Gasteiger partial charge in [0.15, 0.2) is 11.2 Å². The molecule has 1 heterocycles. The number of nitrogens with one attached hydrogen (secondary N) is 1. The molecule has 0 unspecified atom stereocenters. The second-order valence-corrected chi connectivity index (χ2v) is 6.25. The minimum absolute atomic E-state index is 0.338. The summed E-state index contributed by atoms with van der Waals surface area (Å²) in [4.78, 5) is 16.4. The summed E-state index contributed by atoms with van der Waals surface area (Å²) in [5.74, 6) is -0.262. The first kappa shape index (κ1) is 15.7. The first-order valence-electron chi connectivity index (χ1n) is 6.81. The van der Waals surface area contributed by atoms with Crippen LogP contribution in [-0.4, -0.2) is 17.0 Å². The maximum Gasteiger partial charge on any atom is 0.266 e. The van der Waals surface area contributed by atoms with Gasteiger partial charge in [0, 0.05) is 0 Å². The Bertz CT molecular complexity index is 868. The Morgan fingerprint density at radius 1 is 1.35 bits per heavy atom. The number of nitrogens with zero attached hydrogens (tertiary/aromatic N) is 1. The van der Waals surface area contributed by atoms with E-state index in [1.165, 1.54) is 23.5 Å². The van der Waals surface area contributed by atoms with E-state index in [1.54, 1.807) is 37.3 Å². The van der Waals surface area contributed by atoms with Crippen LogP contribution in [0.2, 0.25) is 5.02 Å². The molecule has 1 N–H and O–H groups in total. The minimum atomic E-state index is -0.751. The number of thiazole rings is 1. The van der Waals surface area contributed by atoms with Crippen molar-refractivity contribution in [2.45, 2.75) is 13.0 Å². The predicted octanol–water partition coefficient (Wildman–Crippen LogP) is 4.49. The fourth-order valence-corrected chi connectivity index (χ4v) is 3.02. The van der Waals surface area contributed by atoms with Crippen molar-refractivity contribution in [2.24, 2.45) is 0 Å². The van der Waals surface area contributed by atoms with E-state index >= 15 is 0 Å². The number of halogens is 2. The van der Waals surface area contributed by atoms with Gasteiger partial charge in [0.05, 0.1) is 15.2 Å². The standard InChI is InChI=1S/C16H12ClFN2O2S/c1-9(22-13-5-3-2-4-11(13)17)15(21)20-16-19-12-7-6-10(18)8-14(12)23-16/h2-9H,1H3,(H,19,20,21)/t9-/m1/s1. The van der Waals surface area contributed by atoms with E-state index in [0.29, 0.717) is 26.1 Å². The van der Waals surface area contributed by atoms with E-state index in [0.717, 1.165) is 0 Å². The molecule has 4 nitrogen and oxygen atoms in total. The highest BCUT2D eigenvalue weighted by atomic mass is 35.5. The molecule has 0 radical (unpaired) electrons. The average molecular weight is 351 g/mol. The lowest BCUT2D eigenvalue weighted by Gasteiger charge is -2.14. The maximum atomic E-state index is 13.2. The lowest BCUT2D eigenvalue weighted by atomic mass is 10.3. The summed E-state index contributed by atoms with van der Waals surface area (Å²) in [6.07, 6.45) is -0.751. The minimum Gasteiger partial charge on any atom is -0.479 e. The molecule has 0 aliphatic heterocycles. The Labute approximate surface area is 140 Å². The van der Waals surface area contributed by atoms with Gasteiger partial charge >= 0.3 is 0 Å². The molecule has 23 heavy (non-hydrogen) atoms. The molecule has 0 spiro atoms. The highest BCUT2D eigenvalue weighted by Gasteiger charge is 2.18. The van der Waals surface area contributed by atoms with Crippen LogP contribution in [0.15, 0.2) is 42.5 Å². The molecule has 2 aromatic carbocycles. The van der Waals surface area contributed by atoms with Gasteiger partial charge in [0.1, 0.15) is 11.6 Å². The molecule has 0 aliphatic rings. The van der Waals surface area contributed by atoms with Gasteiger partial charge in [-0.15, -0.1) is 0 Å². The summed E-state index contributed by atoms with van der Waals surface area (Å²) < 4.78 is 19.4. The molecule has 3 rings (SSSR count). The van der Waals surface area contributed by atoms with E-state index in [1.807, 2.05) is 0 Å². The number of aromatic nitrogens is 1. The summed E-state index contributed by atoms with van der Waals surface area (Å²) in [6.45, 7) is 1.62. The van der Waals surface area contributed by atoms with Crippen LogP contribution in [0, 0.1) is 5.82 Å². The van der Waals surface area contributed by atoms with E-state index < -0.39 is 6.10 Å². The normalized spacial score (nSPS) is 12.1. The molecule has 1 amide bonds. The van der Waals surface area contributed by atoms with E-state index in [9.17, 15) is 9.18 Å². The molecular weight excluding hydrogens is 339 g/mol. The van der Waals surface area contributed by atoms with Crippen molar-refractivity contribution in [3.05, 3.63) is 53.3 Å². The van der Waals surface area contributed by atoms with Gasteiger partial charge in [-0.1, -0.05) is 35.1 Å². The smallest absolute Gasteiger partial charge is 0.266 e. The number of rotatable bonds is 4. The largest absolute Gasteiger partial charge is 0.479 e. The molecule has 0 fully saturated rings. The Kier molecular flexibility index (Phi) is 4.45. The van der Waals surface area contributed by atoms with Crippen LogP contribution in [-0.2, 0) is 4.79 Å². The summed E-state index contributed by atoms with van der Waals surface area (Å²) in [6, 6.07) is 11.2. The fourth-order valence-electron chi connectivity index (χ4n) is 1.94. The van der Waals surface area contributed by atoms with Crippen LogP contribution in [0.1, 0.15) is 6.92 Å². The maximum absolute atomic E-state index is 13.2. The first-order chi connectivity index (χ1) is 11.0. The van der Waals surface area contributed by atoms with E-state index in [2.05, 4.69) is 10.3 Å². The molecule has 7 heteroatoms. The van der Waals surface area contributed by atoms with Crippen LogP contribution in [0.5, 0.6) is 5.75 Å². The number of hydrogen-bond acceptors (Lipinski definition) is 4. The van der Waals surface area contributed by atoms with Crippen molar-refractivity contribution in [3.63, 3.8) is 0 Å². The third-order valence-corrected chi connectivity index (χ3v) is 4.34. The van der Waals surface area contributed by atoms with E-state index in [4.69, 9.17) is 16.3 Å². The number of benzene rings is 2. The summed E-state index contributed by atoms with van der Waals surface area (Å²) in [5.41, 5.74) is 0.631. The number of hydrogen-bond donors (Lipinski definition) is 1. The molecule has 0 saturated carbocycles. The Balaban J connectivity index is 1.71. The lowest BCUT2D eigenvalue weighted by Crippen LogP contribution is -2.30. The zero-order valence-corrected chi connectivity index (χ0v) is 13.6. The number of anilines is 1. The first-order valence-corrected chi connectivity index (χ1v) is 8.00. The number of carbonyl (C=O) groups is 1. The molecule has 1 atom stereocenters. The van der Waals surface area contributed by atoms with E-state index in [-0.39, 0.29) is 11.7 Å². The molecule has 0 aliphatic carbocycles. The predicted molar refractivity (Wildman–Crippen MR) is 89.7 cm³/mol. The number of amides is 1. The van der Waals surface area contributed by atoms with Crippen LogP contribution in [0.4, 0.5) is 9.52 Å². The Hall–Kier alpha value is -2.18. The molecule has 118 valence electrons. The monoisotopic (exact) mass is 350 g/mol. The van der Waals surface area contributed by atoms with Crippen LogP contribution < -0.4 is 10.1 Å². The van der Waals surface area contributed by atoms with Gasteiger partial charge in [-0.3, -0.25) is 10.1 Å². The van der Waals surface area contributed by atoms with Crippen molar-refractivity contribution >= 4 is 44.2 Å². The summed E-state index contributed by atoms with van der Waals surface area (Å²) in [7, 11) is 0. The molecule has 0 saturated heterocycles. The highest BCUT2D eigenvalue weighted by molar-refractivity contribution is 7.22. The second-order valence-electron chi connectivity index (χ2n) is 4.81. The van der Waals surface area contributed by atoms with Gasteiger partial charge in [-0.2, -0.15) is 0 Å². The van der Waals surface area contributed by atoms with Gasteiger partial charge in [0.2, 0.25) is 0 Å². The third kappa shape index (κ3) is 3.60. The Morgan fingerprint density at radius 2 is 2.13 bits per heavy atom. The van der Waals surface area contributed by atoms with Crippen molar-refractivity contribution in [2.75, 3.05) is 5.32 Å². The van der Waals surface area contributed by atoms with Crippen LogP contribution >= 0.6 is 22.9 Å². The summed E-state index contributed by atoms with van der Waals surface area (Å²) >= 11 is 7.20. The number of para-hydroxylation sites is 1. The number of carbonyl (C=O) groups excluding carboxylic acids is 1. The zero-order chi connectivity index (χ0) is 16.4. The second kappa shape index (κ2) is 6.52. The molecule has 0 bridgehead atoms. The highest BCUT2D eigenvalue weighted by Crippen LogP contribution is 2.27. The van der Waals surface area contributed by atoms with Crippen LogP contribution in [0.3, 0.4) is 0 Å². The fraction of sp³-hybridized carbons (Fsp3) is 0.125. The zero-order valence-electron chi connectivity index (χ0n) is 12.0. The van der Waals surface area contributed by atoms with Crippen molar-refractivity contribution in [1.29, 1.82) is 0 Å².